The molecule has 0 aromatic carbocycles. The van der Waals surface area contributed by atoms with Crippen molar-refractivity contribution in [2.75, 3.05) is 6.61 Å². The summed E-state index contributed by atoms with van der Waals surface area (Å²) >= 11 is 0. The van der Waals surface area contributed by atoms with Gasteiger partial charge in [-0.1, -0.05) is 0 Å². The first-order valence-electron chi connectivity index (χ1n) is 2.42. The minimum atomic E-state index is -0.211. The lowest BCUT2D eigenvalue weighted by molar-refractivity contribution is -0.140. The van der Waals surface area contributed by atoms with Crippen LogP contribution in [0.5, 0.6) is 0 Å². The van der Waals surface area contributed by atoms with Gasteiger partial charge in [-0.25, -0.2) is 0 Å². The van der Waals surface area contributed by atoms with Crippen molar-refractivity contribution in [1.29, 1.82) is 0 Å². The van der Waals surface area contributed by atoms with E-state index < -0.39 is 0 Å². The maximum absolute atomic E-state index is 9.82. The van der Waals surface area contributed by atoms with Crippen LogP contribution in [0.3, 0.4) is 0 Å². The van der Waals surface area contributed by atoms with Crippen LogP contribution in [0.25, 0.3) is 5.53 Å². The number of carbonyl (C=O) groups excluding carboxylic acids is 1. The Labute approximate surface area is 54.1 Å². The van der Waals surface area contributed by atoms with Gasteiger partial charge in [0.25, 0.3) is 0 Å². The Hall–Kier alpha value is -1.15. The van der Waals surface area contributed by atoms with E-state index in [4.69, 9.17) is 5.53 Å². The van der Waals surface area contributed by atoms with Gasteiger partial charge in [-0.2, -0.15) is 4.79 Å². The van der Waals surface area contributed by atoms with E-state index in [1.165, 1.54) is 6.92 Å². The van der Waals surface area contributed by atoms with E-state index >= 15 is 0 Å². The Morgan fingerprint density at radius 2 is 2.22 bits per heavy atom. The molecule has 0 amide bonds. The zero-order valence-corrected chi connectivity index (χ0v) is 5.63. The van der Waals surface area contributed by atoms with E-state index in [0.29, 0.717) is 6.61 Å². The molecule has 0 radical (unpaired) electrons. The van der Waals surface area contributed by atoms with Gasteiger partial charge in [0.15, 0.2) is 0 Å². The summed E-state index contributed by atoms with van der Waals surface area (Å²) in [6.45, 7) is 6.32. The average Bonchev–Trinajstić information content (AvgIpc) is 1.67. The molecule has 0 aromatic rings. The standard InChI is InChI=1S/C4H8O2.CH2N2/c1-3-6-4(2)5;1-3-2/h3H2,1-2H3;1H2. The number of carbonyl (C=O) groups is 1. The lowest BCUT2D eigenvalue weighted by Gasteiger charge is -1.89. The molecule has 0 atom stereocenters. The molecule has 0 rings (SSSR count). The van der Waals surface area contributed by atoms with Crippen LogP contribution in [0.2, 0.25) is 0 Å². The molecule has 0 fully saturated rings. The summed E-state index contributed by atoms with van der Waals surface area (Å²) in [5, 5.41) is 0. The SMILES string of the molecule is C=[N+]=[N-].CCOC(C)=O. The Morgan fingerprint density at radius 1 is 1.89 bits per heavy atom. The van der Waals surface area contributed by atoms with Gasteiger partial charge < -0.3 is 10.3 Å². The van der Waals surface area contributed by atoms with Crippen molar-refractivity contribution < 1.29 is 14.3 Å². The fourth-order valence-electron chi connectivity index (χ4n) is 0.203. The first-order chi connectivity index (χ1) is 4.18. The lowest BCUT2D eigenvalue weighted by Crippen LogP contribution is -1.95. The van der Waals surface area contributed by atoms with Crippen LogP contribution >= 0.6 is 0 Å². The van der Waals surface area contributed by atoms with Crippen LogP contribution in [0.1, 0.15) is 13.8 Å². The molecule has 0 saturated heterocycles. The summed E-state index contributed by atoms with van der Waals surface area (Å²) in [6.07, 6.45) is 0. The fourth-order valence-corrected chi connectivity index (χ4v) is 0.203. The van der Waals surface area contributed by atoms with Crippen molar-refractivity contribution in [3.8, 4) is 0 Å². The zero-order valence-electron chi connectivity index (χ0n) is 5.63. The molecular weight excluding hydrogens is 120 g/mol. The molecule has 0 aliphatic rings. The highest BCUT2D eigenvalue weighted by molar-refractivity contribution is 5.65. The third-order valence-corrected chi connectivity index (χ3v) is 0.348. The fraction of sp³-hybridized carbons (Fsp3) is 0.600. The predicted octanol–water partition coefficient (Wildman–Crippen LogP) is 0.486. The smallest absolute Gasteiger partial charge is 0.302 e. The first-order valence-corrected chi connectivity index (χ1v) is 2.42. The van der Waals surface area contributed by atoms with Crippen molar-refractivity contribution in [2.24, 2.45) is 0 Å². The molecular formula is C5H10N2O2. The number of nitrogens with zero attached hydrogens (tertiary/aromatic N) is 2. The lowest BCUT2D eigenvalue weighted by atomic mass is 10.8. The highest BCUT2D eigenvalue weighted by Gasteiger charge is 1.81. The number of hydrogen-bond acceptors (Lipinski definition) is 2. The Bertz CT molecular complexity index is 106. The second kappa shape index (κ2) is 9.97. The molecule has 0 N–H and O–H groups in total. The van der Waals surface area contributed by atoms with Crippen LogP contribution in [0.4, 0.5) is 0 Å². The quantitative estimate of drug-likeness (QED) is 0.224. The van der Waals surface area contributed by atoms with E-state index in [1.54, 1.807) is 6.92 Å². The molecule has 4 nitrogen and oxygen atoms in total. The van der Waals surface area contributed by atoms with Crippen LogP contribution in [-0.2, 0) is 9.53 Å². The summed E-state index contributed by atoms with van der Waals surface area (Å²) in [6, 6.07) is 0. The maximum atomic E-state index is 9.82. The van der Waals surface area contributed by atoms with E-state index in [1.807, 2.05) is 0 Å². The van der Waals surface area contributed by atoms with Crippen molar-refractivity contribution in [1.82, 2.24) is 0 Å². The van der Waals surface area contributed by atoms with Crippen molar-refractivity contribution in [2.45, 2.75) is 13.8 Å². The molecule has 0 aliphatic heterocycles. The third-order valence-electron chi connectivity index (χ3n) is 0.348. The molecule has 0 aromatic heterocycles. The highest BCUT2D eigenvalue weighted by atomic mass is 16.5. The molecule has 9 heavy (non-hydrogen) atoms. The Balaban J connectivity index is 0. The van der Waals surface area contributed by atoms with E-state index in [-0.39, 0.29) is 5.97 Å². The van der Waals surface area contributed by atoms with Crippen molar-refractivity contribution in [3.05, 3.63) is 5.53 Å². The third kappa shape index (κ3) is 47.1. The molecule has 0 unspecified atom stereocenters. The van der Waals surface area contributed by atoms with Gasteiger partial charge >= 0.3 is 5.97 Å². The van der Waals surface area contributed by atoms with E-state index in [9.17, 15) is 4.79 Å². The van der Waals surface area contributed by atoms with Crippen LogP contribution in [0, 0.1) is 0 Å². The minimum Gasteiger partial charge on any atom is -0.466 e. The molecule has 0 bridgehead atoms. The van der Waals surface area contributed by atoms with Gasteiger partial charge in [0, 0.05) is 6.92 Å². The van der Waals surface area contributed by atoms with Crippen molar-refractivity contribution in [3.63, 3.8) is 0 Å². The topological polar surface area (TPSA) is 62.7 Å². The molecule has 0 saturated carbocycles. The number of ether oxygens (including phenoxy) is 1. The Kier molecular flexibility index (Phi) is 11.9. The van der Waals surface area contributed by atoms with Gasteiger partial charge in [-0.05, 0) is 6.92 Å². The number of rotatable bonds is 1. The zero-order chi connectivity index (χ0) is 7.70. The van der Waals surface area contributed by atoms with Gasteiger partial charge in [0.1, 0.15) is 0 Å². The van der Waals surface area contributed by atoms with E-state index in [0.717, 1.165) is 0 Å². The maximum Gasteiger partial charge on any atom is 0.302 e. The summed E-state index contributed by atoms with van der Waals surface area (Å²) in [4.78, 5) is 12.1. The summed E-state index contributed by atoms with van der Waals surface area (Å²) < 4.78 is 4.40. The largest absolute Gasteiger partial charge is 0.466 e. The summed E-state index contributed by atoms with van der Waals surface area (Å²) in [5.41, 5.74) is 7.08. The van der Waals surface area contributed by atoms with Crippen LogP contribution in [-0.4, -0.2) is 24.1 Å². The predicted molar refractivity (Wildman–Crippen MR) is 33.0 cm³/mol. The van der Waals surface area contributed by atoms with Gasteiger partial charge in [-0.15, -0.1) is 0 Å². The molecule has 52 valence electrons. The summed E-state index contributed by atoms with van der Waals surface area (Å²) in [7, 11) is 0. The molecule has 0 aliphatic carbocycles. The van der Waals surface area contributed by atoms with Gasteiger partial charge in [0.05, 0.1) is 6.61 Å². The minimum absolute atomic E-state index is 0.211. The molecule has 0 spiro atoms. The number of hydrogen-bond donors (Lipinski definition) is 0. The monoisotopic (exact) mass is 130 g/mol. The van der Waals surface area contributed by atoms with Crippen LogP contribution in [0.15, 0.2) is 0 Å². The van der Waals surface area contributed by atoms with Crippen molar-refractivity contribution >= 4 is 12.7 Å². The first kappa shape index (κ1) is 10.8. The number of esters is 1. The second-order valence-corrected chi connectivity index (χ2v) is 1.07. The second-order valence-electron chi connectivity index (χ2n) is 1.07. The molecule has 4 heteroatoms. The normalized spacial score (nSPS) is 6.00. The molecule has 0 heterocycles. The Morgan fingerprint density at radius 3 is 2.22 bits per heavy atom. The summed E-state index contributed by atoms with van der Waals surface area (Å²) in [5.74, 6) is -0.211. The highest BCUT2D eigenvalue weighted by Crippen LogP contribution is 1.69. The van der Waals surface area contributed by atoms with E-state index in [2.05, 4.69) is 16.2 Å². The average molecular weight is 130 g/mol. The van der Waals surface area contributed by atoms with Gasteiger partial charge in [0.2, 0.25) is 6.72 Å². The van der Waals surface area contributed by atoms with Gasteiger partial charge in [-0.3, -0.25) is 4.79 Å². The van der Waals surface area contributed by atoms with Crippen LogP contribution < -0.4 is 0 Å².